The van der Waals surface area contributed by atoms with Crippen molar-refractivity contribution in [3.8, 4) is 0 Å². The molecule has 4 aliphatic rings. The first-order valence-electron chi connectivity index (χ1n) is 8.02. The van der Waals surface area contributed by atoms with Gasteiger partial charge in [0.15, 0.2) is 0 Å². The van der Waals surface area contributed by atoms with Crippen LogP contribution in [0.1, 0.15) is 25.3 Å². The average molecular weight is 312 g/mol. The number of aliphatic hydroxyl groups is 1. The van der Waals surface area contributed by atoms with Crippen molar-refractivity contribution < 1.29 is 15.5 Å². The lowest BCUT2D eigenvalue weighted by Crippen LogP contribution is -2.63. The first-order chi connectivity index (χ1) is 11.2. The Bertz CT molecular complexity index is 725. The van der Waals surface area contributed by atoms with Crippen molar-refractivity contribution >= 4 is 11.4 Å². The normalized spacial score (nSPS) is 43.6. The Balaban J connectivity index is 1.95. The first kappa shape index (κ1) is 14.3. The molecule has 0 saturated heterocycles. The maximum absolute atomic E-state index is 10.0. The highest BCUT2D eigenvalue weighted by molar-refractivity contribution is 6.14. The molecule has 5 atom stereocenters. The molecule has 23 heavy (non-hydrogen) atoms. The van der Waals surface area contributed by atoms with Crippen molar-refractivity contribution in [2.75, 3.05) is 0 Å². The van der Waals surface area contributed by atoms with Crippen LogP contribution in [-0.2, 0) is 5.41 Å². The van der Waals surface area contributed by atoms with Crippen molar-refractivity contribution in [2.45, 2.75) is 25.2 Å². The van der Waals surface area contributed by atoms with Crippen LogP contribution >= 0.6 is 0 Å². The summed E-state index contributed by atoms with van der Waals surface area (Å²) in [5.41, 5.74) is 3.16. The Hall–Kier alpha value is -2.30. The summed E-state index contributed by atoms with van der Waals surface area (Å²) < 4.78 is 0. The summed E-state index contributed by atoms with van der Waals surface area (Å²) in [6.45, 7) is 2.08. The Kier molecular flexibility index (Phi) is 3.01. The molecule has 120 valence electrons. The van der Waals surface area contributed by atoms with Gasteiger partial charge in [0.05, 0.1) is 17.7 Å². The average Bonchev–Trinajstić information content (AvgIpc) is 2.60. The molecule has 5 nitrogen and oxygen atoms in total. The van der Waals surface area contributed by atoms with E-state index in [-0.39, 0.29) is 29.1 Å². The van der Waals surface area contributed by atoms with Crippen molar-refractivity contribution in [3.63, 3.8) is 0 Å². The molecule has 5 rings (SSSR count). The lowest BCUT2D eigenvalue weighted by Gasteiger charge is -2.60. The fourth-order valence-electron chi connectivity index (χ4n) is 5.32. The van der Waals surface area contributed by atoms with E-state index in [0.29, 0.717) is 12.1 Å². The Labute approximate surface area is 134 Å². The number of benzene rings is 1. The van der Waals surface area contributed by atoms with Crippen LogP contribution in [0.4, 0.5) is 0 Å². The van der Waals surface area contributed by atoms with Crippen molar-refractivity contribution in [2.24, 2.45) is 34.0 Å². The van der Waals surface area contributed by atoms with Gasteiger partial charge in [0.25, 0.3) is 0 Å². The minimum absolute atomic E-state index is 0.104. The molecule has 0 aliphatic heterocycles. The number of hydrogen-bond donors (Lipinski definition) is 3. The predicted molar refractivity (Wildman–Crippen MR) is 86.1 cm³/mol. The van der Waals surface area contributed by atoms with E-state index in [1.165, 1.54) is 11.8 Å². The molecular formula is C18H20N2O3. The van der Waals surface area contributed by atoms with Gasteiger partial charge in [-0.3, -0.25) is 0 Å². The molecule has 0 aromatic heterocycles. The van der Waals surface area contributed by atoms with Gasteiger partial charge >= 0.3 is 0 Å². The van der Waals surface area contributed by atoms with E-state index in [1.54, 1.807) is 0 Å². The van der Waals surface area contributed by atoms with Crippen LogP contribution in [0.3, 0.4) is 0 Å². The highest BCUT2D eigenvalue weighted by atomic mass is 16.4. The van der Waals surface area contributed by atoms with Gasteiger partial charge in [-0.05, 0) is 29.9 Å². The van der Waals surface area contributed by atoms with Crippen LogP contribution in [0.15, 0.2) is 52.5 Å². The summed E-state index contributed by atoms with van der Waals surface area (Å²) in [6.07, 6.45) is 2.70. The topological polar surface area (TPSA) is 85.4 Å². The van der Waals surface area contributed by atoms with Crippen LogP contribution < -0.4 is 0 Å². The molecule has 4 bridgehead atoms. The third-order valence-corrected chi connectivity index (χ3v) is 6.28. The highest BCUT2D eigenvalue weighted by Gasteiger charge is 2.63. The van der Waals surface area contributed by atoms with E-state index in [1.807, 2.05) is 18.2 Å². The minimum Gasteiger partial charge on any atom is -0.516 e. The molecule has 0 heterocycles. The lowest BCUT2D eigenvalue weighted by molar-refractivity contribution is 0.151. The van der Waals surface area contributed by atoms with Gasteiger partial charge in [-0.25, -0.2) is 0 Å². The molecule has 0 spiro atoms. The maximum atomic E-state index is 10.0. The second-order valence-electron chi connectivity index (χ2n) is 6.99. The molecule has 5 unspecified atom stereocenters. The highest BCUT2D eigenvalue weighted by Crippen LogP contribution is 2.63. The van der Waals surface area contributed by atoms with Crippen LogP contribution in [0, 0.1) is 23.7 Å². The van der Waals surface area contributed by atoms with Crippen LogP contribution in [0.25, 0.3) is 0 Å². The second-order valence-corrected chi connectivity index (χ2v) is 6.99. The number of nitrogens with zero attached hydrogens (tertiary/aromatic N) is 2. The Morgan fingerprint density at radius 2 is 1.78 bits per heavy atom. The maximum Gasteiger partial charge on any atom is 0.0799 e. The molecular weight excluding hydrogens is 292 g/mol. The summed E-state index contributed by atoms with van der Waals surface area (Å²) in [7, 11) is 0. The van der Waals surface area contributed by atoms with Crippen LogP contribution in [0.2, 0.25) is 0 Å². The van der Waals surface area contributed by atoms with Crippen molar-refractivity contribution in [1.29, 1.82) is 0 Å². The van der Waals surface area contributed by atoms with Gasteiger partial charge in [0.1, 0.15) is 0 Å². The SMILES string of the molecule is CC1C2CC3(c4ccccc4)CC(C2=NO)/C(=N/O)C1/C3=C\O. The number of oxime groups is 2. The predicted octanol–water partition coefficient (Wildman–Crippen LogP) is 3.33. The van der Waals surface area contributed by atoms with Crippen molar-refractivity contribution in [1.82, 2.24) is 0 Å². The number of rotatable bonds is 1. The molecule has 1 aromatic carbocycles. The zero-order valence-electron chi connectivity index (χ0n) is 12.9. The Morgan fingerprint density at radius 1 is 1.09 bits per heavy atom. The Morgan fingerprint density at radius 3 is 2.39 bits per heavy atom. The zero-order chi connectivity index (χ0) is 16.2. The summed E-state index contributed by atoms with van der Waals surface area (Å²) >= 11 is 0. The minimum atomic E-state index is -0.273. The fourth-order valence-corrected chi connectivity index (χ4v) is 5.32. The van der Waals surface area contributed by atoms with E-state index in [2.05, 4.69) is 29.4 Å². The fraction of sp³-hybridized carbons (Fsp3) is 0.444. The van der Waals surface area contributed by atoms with Gasteiger partial charge in [0, 0.05) is 23.2 Å². The van der Waals surface area contributed by atoms with Gasteiger partial charge in [0.2, 0.25) is 0 Å². The van der Waals surface area contributed by atoms with E-state index >= 15 is 0 Å². The quantitative estimate of drug-likeness (QED) is 0.422. The lowest BCUT2D eigenvalue weighted by atomic mass is 9.42. The van der Waals surface area contributed by atoms with Crippen LogP contribution in [0.5, 0.6) is 0 Å². The largest absolute Gasteiger partial charge is 0.516 e. The smallest absolute Gasteiger partial charge is 0.0799 e. The van der Waals surface area contributed by atoms with Gasteiger partial charge < -0.3 is 15.5 Å². The van der Waals surface area contributed by atoms with E-state index in [4.69, 9.17) is 0 Å². The summed E-state index contributed by atoms with van der Waals surface area (Å²) in [6, 6.07) is 10.2. The third kappa shape index (κ3) is 1.62. The molecule has 5 heteroatoms. The van der Waals surface area contributed by atoms with Crippen LogP contribution in [-0.4, -0.2) is 26.9 Å². The number of allylic oxidation sites excluding steroid dienone is 1. The second kappa shape index (κ2) is 4.85. The molecule has 1 aromatic rings. The summed E-state index contributed by atoms with van der Waals surface area (Å²) in [5.74, 6) is 0.0128. The van der Waals surface area contributed by atoms with E-state index in [0.717, 1.165) is 17.7 Å². The zero-order valence-corrected chi connectivity index (χ0v) is 12.9. The first-order valence-corrected chi connectivity index (χ1v) is 8.02. The molecule has 0 amide bonds. The van der Waals surface area contributed by atoms with E-state index < -0.39 is 0 Å². The van der Waals surface area contributed by atoms with E-state index in [9.17, 15) is 15.5 Å². The molecule has 4 saturated carbocycles. The van der Waals surface area contributed by atoms with Crippen molar-refractivity contribution in [3.05, 3.63) is 47.7 Å². The number of hydrogen-bond acceptors (Lipinski definition) is 5. The summed E-state index contributed by atoms with van der Waals surface area (Å²) in [4.78, 5) is 0. The molecule has 4 fully saturated rings. The van der Waals surface area contributed by atoms with Gasteiger partial charge in [-0.1, -0.05) is 47.6 Å². The molecule has 0 radical (unpaired) electrons. The monoisotopic (exact) mass is 312 g/mol. The summed E-state index contributed by atoms with van der Waals surface area (Å²) in [5, 5.41) is 36.1. The van der Waals surface area contributed by atoms with Gasteiger partial charge in [-0.2, -0.15) is 0 Å². The molecule has 4 aliphatic carbocycles. The number of aliphatic hydroxyl groups excluding tert-OH is 1. The third-order valence-electron chi connectivity index (χ3n) is 6.28. The standard InChI is InChI=1S/C18H20N2O3/c1-10-12-7-18(11-5-3-2-4-6-11)8-13(16(12)19-22)17(20-23)15(10)14(18)9-21/h2-6,9-10,12-13,15,21-23H,7-8H2,1H3/b14-9+,19-16?,20-17-. The molecule has 3 N–H and O–H groups in total. The van der Waals surface area contributed by atoms with Gasteiger partial charge in [-0.15, -0.1) is 0 Å².